The van der Waals surface area contributed by atoms with Crippen LogP contribution >= 0.6 is 28.1 Å². The van der Waals surface area contributed by atoms with Crippen LogP contribution in [-0.4, -0.2) is 67.7 Å². The molecule has 1 aromatic carbocycles. The van der Waals surface area contributed by atoms with Gasteiger partial charge in [0.2, 0.25) is 11.4 Å². The Kier molecular flexibility index (Phi) is 6.89. The van der Waals surface area contributed by atoms with E-state index in [1.165, 1.54) is 12.4 Å². The number of carboxylic acid groups (broad SMARTS) is 1. The summed E-state index contributed by atoms with van der Waals surface area (Å²) >= 11 is 8.78. The maximum Gasteiger partial charge on any atom is 0.341 e. The highest BCUT2D eigenvalue weighted by atomic mass is 79.9. The Morgan fingerprint density at radius 3 is 2.62 bits per heavy atom. The van der Waals surface area contributed by atoms with Crippen LogP contribution in [0, 0.1) is 0 Å². The Morgan fingerprint density at radius 1 is 1.24 bits per heavy atom. The first-order chi connectivity index (χ1) is 16.3. The zero-order valence-electron chi connectivity index (χ0n) is 18.2. The molecule has 0 spiro atoms. The molecule has 10 nitrogen and oxygen atoms in total. The summed E-state index contributed by atoms with van der Waals surface area (Å²) < 4.78 is 2.44. The zero-order valence-corrected chi connectivity index (χ0v) is 20.6. The largest absolute Gasteiger partial charge is 0.477 e. The SMILES string of the molecule is CCn1cc(C(=O)O)c(=O)c2cnc(N3CCN(C(=S)NC(=O)c4cccc(Br)c4)CC3)nc21. The quantitative estimate of drug-likeness (QED) is 0.475. The molecular formula is C22H21BrN6O4S. The number of carbonyl (C=O) groups excluding carboxylic acids is 1. The number of aromatic nitrogens is 3. The number of nitrogens with one attached hydrogen (secondary N) is 1. The standard InChI is InChI=1S/C22H21BrN6O4S/c1-2-27-12-16(20(32)33)17(30)15-11-24-21(25-18(15)27)28-6-8-29(9-7-28)22(34)26-19(31)13-4-3-5-14(23)10-13/h3-5,10-12H,2,6-9H2,1H3,(H,32,33)(H,26,31,34). The summed E-state index contributed by atoms with van der Waals surface area (Å²) in [5.41, 5.74) is -0.0115. The second-order valence-corrected chi connectivity index (χ2v) is 8.92. The van der Waals surface area contributed by atoms with Gasteiger partial charge in [0.25, 0.3) is 5.91 Å². The van der Waals surface area contributed by atoms with Crippen LogP contribution in [0.3, 0.4) is 0 Å². The van der Waals surface area contributed by atoms with Crippen molar-refractivity contribution in [2.24, 2.45) is 0 Å². The number of hydrogen-bond acceptors (Lipinski definition) is 7. The first-order valence-corrected chi connectivity index (χ1v) is 11.7. The van der Waals surface area contributed by atoms with Crippen molar-refractivity contribution in [2.75, 3.05) is 31.1 Å². The monoisotopic (exact) mass is 544 g/mol. The molecule has 0 unspecified atom stereocenters. The van der Waals surface area contributed by atoms with Gasteiger partial charge in [-0.3, -0.25) is 14.9 Å². The minimum Gasteiger partial charge on any atom is -0.477 e. The molecule has 0 saturated carbocycles. The van der Waals surface area contributed by atoms with E-state index in [2.05, 4.69) is 31.2 Å². The number of benzene rings is 1. The summed E-state index contributed by atoms with van der Waals surface area (Å²) in [5, 5.41) is 12.6. The fourth-order valence-electron chi connectivity index (χ4n) is 3.70. The molecule has 0 bridgehead atoms. The third kappa shape index (κ3) is 4.77. The van der Waals surface area contributed by atoms with Gasteiger partial charge in [-0.1, -0.05) is 22.0 Å². The van der Waals surface area contributed by atoms with Gasteiger partial charge in [0, 0.05) is 55.2 Å². The molecule has 1 saturated heterocycles. The van der Waals surface area contributed by atoms with E-state index in [1.807, 2.05) is 22.8 Å². The van der Waals surface area contributed by atoms with Gasteiger partial charge in [-0.2, -0.15) is 4.98 Å². The third-order valence-corrected chi connectivity index (χ3v) is 6.38. The van der Waals surface area contributed by atoms with E-state index in [0.717, 1.165) is 4.47 Å². The molecule has 1 fully saturated rings. The molecule has 3 aromatic rings. The fraction of sp³-hybridized carbons (Fsp3) is 0.273. The van der Waals surface area contributed by atoms with Crippen LogP contribution in [0.4, 0.5) is 5.95 Å². The first-order valence-electron chi connectivity index (χ1n) is 10.5. The van der Waals surface area contributed by atoms with Crippen LogP contribution in [0.15, 0.2) is 45.9 Å². The van der Waals surface area contributed by atoms with E-state index in [4.69, 9.17) is 12.2 Å². The Bertz CT molecular complexity index is 1350. The van der Waals surface area contributed by atoms with Gasteiger partial charge in [0.15, 0.2) is 5.11 Å². The van der Waals surface area contributed by atoms with Crippen molar-refractivity contribution < 1.29 is 14.7 Å². The number of rotatable bonds is 4. The maximum absolute atomic E-state index is 12.5. The highest BCUT2D eigenvalue weighted by molar-refractivity contribution is 9.10. The van der Waals surface area contributed by atoms with Crippen LogP contribution < -0.4 is 15.6 Å². The number of pyridine rings is 1. The van der Waals surface area contributed by atoms with Crippen molar-refractivity contribution in [3.8, 4) is 0 Å². The van der Waals surface area contributed by atoms with Gasteiger partial charge in [-0.15, -0.1) is 0 Å². The minimum atomic E-state index is -1.28. The molecule has 4 rings (SSSR count). The van der Waals surface area contributed by atoms with Crippen LogP contribution in [0.2, 0.25) is 0 Å². The highest BCUT2D eigenvalue weighted by Gasteiger charge is 2.23. The lowest BCUT2D eigenvalue weighted by atomic mass is 10.2. The van der Waals surface area contributed by atoms with Gasteiger partial charge >= 0.3 is 5.97 Å². The molecule has 0 radical (unpaired) electrons. The molecule has 0 atom stereocenters. The molecular weight excluding hydrogens is 524 g/mol. The zero-order chi connectivity index (χ0) is 24.4. The van der Waals surface area contributed by atoms with Crippen LogP contribution in [0.25, 0.3) is 11.0 Å². The fourth-order valence-corrected chi connectivity index (χ4v) is 4.37. The number of aromatic carboxylic acids is 1. The average molecular weight is 545 g/mol. The molecule has 34 heavy (non-hydrogen) atoms. The van der Waals surface area contributed by atoms with E-state index >= 15 is 0 Å². The van der Waals surface area contributed by atoms with Crippen molar-refractivity contribution in [1.82, 2.24) is 24.8 Å². The van der Waals surface area contributed by atoms with E-state index in [1.54, 1.807) is 22.8 Å². The summed E-state index contributed by atoms with van der Waals surface area (Å²) in [6.45, 7) is 4.52. The normalized spacial score (nSPS) is 13.7. The molecule has 1 amide bonds. The van der Waals surface area contributed by atoms with Gasteiger partial charge in [-0.05, 0) is 37.3 Å². The number of hydrogen-bond donors (Lipinski definition) is 2. The lowest BCUT2D eigenvalue weighted by Crippen LogP contribution is -2.53. The molecule has 0 aliphatic carbocycles. The Balaban J connectivity index is 1.46. The molecule has 2 aromatic heterocycles. The Morgan fingerprint density at radius 2 is 1.97 bits per heavy atom. The van der Waals surface area contributed by atoms with Crippen molar-refractivity contribution in [3.63, 3.8) is 0 Å². The summed E-state index contributed by atoms with van der Waals surface area (Å²) in [7, 11) is 0. The second kappa shape index (κ2) is 9.85. The van der Waals surface area contributed by atoms with Crippen LogP contribution in [0.5, 0.6) is 0 Å². The van der Waals surface area contributed by atoms with Crippen molar-refractivity contribution in [2.45, 2.75) is 13.5 Å². The molecule has 1 aliphatic heterocycles. The highest BCUT2D eigenvalue weighted by Crippen LogP contribution is 2.17. The lowest BCUT2D eigenvalue weighted by molar-refractivity contribution is 0.0694. The minimum absolute atomic E-state index is 0.167. The van der Waals surface area contributed by atoms with Gasteiger partial charge in [0.05, 0.1) is 5.39 Å². The number of anilines is 1. The number of piperazine rings is 1. The van der Waals surface area contributed by atoms with Gasteiger partial charge < -0.3 is 19.5 Å². The van der Waals surface area contributed by atoms with Crippen molar-refractivity contribution >= 4 is 62.1 Å². The van der Waals surface area contributed by atoms with Gasteiger partial charge in [0.1, 0.15) is 11.2 Å². The summed E-state index contributed by atoms with van der Waals surface area (Å²) in [6.07, 6.45) is 2.70. The van der Waals surface area contributed by atoms with Crippen molar-refractivity contribution in [3.05, 3.63) is 62.5 Å². The first kappa shape index (κ1) is 23.8. The van der Waals surface area contributed by atoms with E-state index in [9.17, 15) is 19.5 Å². The van der Waals surface area contributed by atoms with E-state index in [0.29, 0.717) is 55.0 Å². The number of nitrogens with zero attached hydrogens (tertiary/aromatic N) is 5. The van der Waals surface area contributed by atoms with Crippen LogP contribution in [-0.2, 0) is 6.54 Å². The smallest absolute Gasteiger partial charge is 0.341 e. The lowest BCUT2D eigenvalue weighted by Gasteiger charge is -2.36. The summed E-state index contributed by atoms with van der Waals surface area (Å²) in [5.74, 6) is -1.11. The van der Waals surface area contributed by atoms with E-state index < -0.39 is 11.4 Å². The maximum atomic E-state index is 12.5. The third-order valence-electron chi connectivity index (χ3n) is 5.53. The molecule has 176 valence electrons. The molecule has 12 heteroatoms. The number of carbonyl (C=O) groups is 2. The Labute approximate surface area is 208 Å². The van der Waals surface area contributed by atoms with E-state index in [-0.39, 0.29) is 16.9 Å². The average Bonchev–Trinajstić information content (AvgIpc) is 2.84. The number of fused-ring (bicyclic) bond motifs is 1. The summed E-state index contributed by atoms with van der Waals surface area (Å²) in [4.78, 5) is 49.1. The number of halogens is 1. The molecule has 1 aliphatic rings. The Hall–Kier alpha value is -3.38. The number of amides is 1. The number of aryl methyl sites for hydroxylation is 1. The van der Waals surface area contributed by atoms with Gasteiger partial charge in [-0.25, -0.2) is 9.78 Å². The molecule has 2 N–H and O–H groups in total. The summed E-state index contributed by atoms with van der Waals surface area (Å²) in [6, 6.07) is 7.06. The van der Waals surface area contributed by atoms with Crippen molar-refractivity contribution in [1.29, 1.82) is 0 Å². The predicted molar refractivity (Wildman–Crippen MR) is 134 cm³/mol. The number of carboxylic acids is 1. The predicted octanol–water partition coefficient (Wildman–Crippen LogP) is 2.11. The molecule has 3 heterocycles. The number of thiocarbonyl (C=S) groups is 1. The van der Waals surface area contributed by atoms with Crippen LogP contribution in [0.1, 0.15) is 27.6 Å². The topological polar surface area (TPSA) is 121 Å². The second-order valence-electron chi connectivity index (χ2n) is 7.61.